The molecule has 1 saturated heterocycles. The number of carboxylic acids is 1. The minimum atomic E-state index is -3.35. The maximum Gasteiger partial charge on any atom is 0.308 e. The third kappa shape index (κ3) is 3.40. The van der Waals surface area contributed by atoms with E-state index in [4.69, 9.17) is 5.11 Å². The van der Waals surface area contributed by atoms with E-state index in [1.54, 1.807) is 0 Å². The van der Waals surface area contributed by atoms with Crippen LogP contribution in [0.5, 0.6) is 0 Å². The number of hydrogen-bond acceptors (Lipinski definition) is 4. The van der Waals surface area contributed by atoms with Crippen LogP contribution in [0.25, 0.3) is 0 Å². The molecule has 0 aromatic rings. The van der Waals surface area contributed by atoms with Gasteiger partial charge in [0.1, 0.15) is 0 Å². The first-order valence-corrected chi connectivity index (χ1v) is 6.75. The van der Waals surface area contributed by atoms with Crippen LogP contribution < -0.4 is 0 Å². The molecular weight excluding hydrogens is 248 g/mol. The molecule has 0 aromatic heterocycles. The molecule has 1 N–H and O–H groups in total. The minimum absolute atomic E-state index is 0.0443. The predicted molar refractivity (Wildman–Crippen MR) is 59.8 cm³/mol. The zero-order valence-electron chi connectivity index (χ0n) is 9.79. The van der Waals surface area contributed by atoms with Crippen molar-refractivity contribution in [1.29, 1.82) is 0 Å². The van der Waals surface area contributed by atoms with Gasteiger partial charge >= 0.3 is 5.97 Å². The Morgan fingerprint density at radius 3 is 2.53 bits per heavy atom. The Morgan fingerprint density at radius 2 is 2.12 bits per heavy atom. The molecule has 1 amide bonds. The lowest BCUT2D eigenvalue weighted by molar-refractivity contribution is -0.141. The SMILES string of the molecule is CN(C)S(=O)(=O)CCN1CC(C(=O)O)CC1=O. The zero-order chi connectivity index (χ0) is 13.2. The Labute approximate surface area is 100 Å². The lowest BCUT2D eigenvalue weighted by Gasteiger charge is -2.17. The number of carbonyl (C=O) groups is 2. The van der Waals surface area contributed by atoms with Crippen molar-refractivity contribution in [2.24, 2.45) is 5.92 Å². The standard InChI is InChI=1S/C9H16N2O5S/c1-10(2)17(15,16)4-3-11-6-7(9(13)14)5-8(11)12/h7H,3-6H2,1-2H3,(H,13,14). The summed E-state index contributed by atoms with van der Waals surface area (Å²) in [6.07, 6.45) is -0.0443. The molecule has 98 valence electrons. The van der Waals surface area contributed by atoms with Crippen molar-refractivity contribution in [2.75, 3.05) is 32.9 Å². The van der Waals surface area contributed by atoms with Gasteiger partial charge in [-0.3, -0.25) is 9.59 Å². The summed E-state index contributed by atoms with van der Waals surface area (Å²) in [5, 5.41) is 8.76. The van der Waals surface area contributed by atoms with Gasteiger partial charge in [0.2, 0.25) is 15.9 Å². The third-order valence-electron chi connectivity index (χ3n) is 2.74. The van der Waals surface area contributed by atoms with Crippen molar-refractivity contribution in [3.05, 3.63) is 0 Å². The minimum Gasteiger partial charge on any atom is -0.481 e. The molecule has 1 rings (SSSR count). The molecule has 0 spiro atoms. The molecule has 17 heavy (non-hydrogen) atoms. The van der Waals surface area contributed by atoms with Gasteiger partial charge in [-0.2, -0.15) is 0 Å². The van der Waals surface area contributed by atoms with Crippen molar-refractivity contribution in [1.82, 2.24) is 9.21 Å². The van der Waals surface area contributed by atoms with E-state index < -0.39 is 21.9 Å². The lowest BCUT2D eigenvalue weighted by atomic mass is 10.1. The fourth-order valence-corrected chi connectivity index (χ4v) is 2.38. The number of aliphatic carboxylic acids is 1. The van der Waals surface area contributed by atoms with Crippen LogP contribution in [0.3, 0.4) is 0 Å². The molecule has 1 aliphatic heterocycles. The van der Waals surface area contributed by atoms with Gasteiger partial charge in [0.15, 0.2) is 0 Å². The van der Waals surface area contributed by atoms with Crippen LogP contribution in [-0.2, 0) is 19.6 Å². The Kier molecular flexibility index (Phi) is 4.10. The molecule has 1 aliphatic rings. The summed E-state index contributed by atoms with van der Waals surface area (Å²) in [6.45, 7) is 0.139. The Morgan fingerprint density at radius 1 is 1.53 bits per heavy atom. The van der Waals surface area contributed by atoms with Gasteiger partial charge in [-0.05, 0) is 0 Å². The maximum absolute atomic E-state index is 11.5. The summed E-state index contributed by atoms with van der Waals surface area (Å²) in [6, 6.07) is 0. The highest BCUT2D eigenvalue weighted by molar-refractivity contribution is 7.89. The topological polar surface area (TPSA) is 95.0 Å². The predicted octanol–water partition coefficient (Wildman–Crippen LogP) is -1.19. The molecule has 8 heteroatoms. The van der Waals surface area contributed by atoms with Crippen molar-refractivity contribution in [3.63, 3.8) is 0 Å². The molecule has 0 radical (unpaired) electrons. The number of nitrogens with zero attached hydrogens (tertiary/aromatic N) is 2. The Hall–Kier alpha value is -1.15. The Bertz CT molecular complexity index is 417. The maximum atomic E-state index is 11.5. The van der Waals surface area contributed by atoms with Crippen molar-refractivity contribution >= 4 is 21.9 Å². The van der Waals surface area contributed by atoms with E-state index in [2.05, 4.69) is 0 Å². The van der Waals surface area contributed by atoms with E-state index in [1.165, 1.54) is 19.0 Å². The highest BCUT2D eigenvalue weighted by Gasteiger charge is 2.34. The van der Waals surface area contributed by atoms with Crippen LogP contribution in [0.2, 0.25) is 0 Å². The van der Waals surface area contributed by atoms with E-state index in [9.17, 15) is 18.0 Å². The van der Waals surface area contributed by atoms with Crippen LogP contribution in [0.15, 0.2) is 0 Å². The van der Waals surface area contributed by atoms with Gasteiger partial charge in [0, 0.05) is 33.6 Å². The number of carboxylic acid groups (broad SMARTS) is 1. The van der Waals surface area contributed by atoms with Crippen LogP contribution in [0.1, 0.15) is 6.42 Å². The zero-order valence-corrected chi connectivity index (χ0v) is 10.6. The Balaban J connectivity index is 2.55. The summed E-state index contributed by atoms with van der Waals surface area (Å²) in [4.78, 5) is 23.4. The number of rotatable bonds is 5. The summed E-state index contributed by atoms with van der Waals surface area (Å²) in [5.74, 6) is -2.22. The van der Waals surface area contributed by atoms with Crippen LogP contribution in [-0.4, -0.2) is 67.5 Å². The quantitative estimate of drug-likeness (QED) is 0.673. The van der Waals surface area contributed by atoms with E-state index in [0.29, 0.717) is 0 Å². The van der Waals surface area contributed by atoms with Gasteiger partial charge in [-0.1, -0.05) is 0 Å². The first-order chi connectivity index (χ1) is 7.74. The fourth-order valence-electron chi connectivity index (χ4n) is 1.56. The third-order valence-corrected chi connectivity index (χ3v) is 4.55. The van der Waals surface area contributed by atoms with Crippen molar-refractivity contribution in [2.45, 2.75) is 6.42 Å². The number of carbonyl (C=O) groups excluding carboxylic acids is 1. The smallest absolute Gasteiger partial charge is 0.308 e. The molecule has 7 nitrogen and oxygen atoms in total. The second-order valence-corrected chi connectivity index (χ2v) is 6.48. The normalized spacial score (nSPS) is 21.2. The van der Waals surface area contributed by atoms with Crippen LogP contribution >= 0.6 is 0 Å². The number of likely N-dealkylation sites (tertiary alicyclic amines) is 1. The lowest BCUT2D eigenvalue weighted by Crippen LogP contribution is -2.35. The van der Waals surface area contributed by atoms with Gasteiger partial charge in [-0.15, -0.1) is 0 Å². The van der Waals surface area contributed by atoms with Gasteiger partial charge < -0.3 is 10.0 Å². The van der Waals surface area contributed by atoms with E-state index in [0.717, 1.165) is 4.31 Å². The molecule has 1 unspecified atom stereocenters. The van der Waals surface area contributed by atoms with Gasteiger partial charge in [-0.25, -0.2) is 12.7 Å². The highest BCUT2D eigenvalue weighted by atomic mass is 32.2. The number of hydrogen-bond donors (Lipinski definition) is 1. The largest absolute Gasteiger partial charge is 0.481 e. The molecule has 0 saturated carbocycles. The van der Waals surface area contributed by atoms with E-state index in [1.807, 2.05) is 0 Å². The van der Waals surface area contributed by atoms with E-state index in [-0.39, 0.29) is 31.2 Å². The number of sulfonamides is 1. The molecule has 0 aromatic carbocycles. The van der Waals surface area contributed by atoms with Gasteiger partial charge in [0.05, 0.1) is 11.7 Å². The fraction of sp³-hybridized carbons (Fsp3) is 0.778. The molecular formula is C9H16N2O5S. The molecule has 0 bridgehead atoms. The van der Waals surface area contributed by atoms with E-state index >= 15 is 0 Å². The van der Waals surface area contributed by atoms with Crippen molar-refractivity contribution in [3.8, 4) is 0 Å². The average molecular weight is 264 g/mol. The second-order valence-electron chi connectivity index (χ2n) is 4.18. The summed E-state index contributed by atoms with van der Waals surface area (Å²) in [7, 11) is -0.519. The summed E-state index contributed by atoms with van der Waals surface area (Å²) < 4.78 is 24.0. The molecule has 1 fully saturated rings. The van der Waals surface area contributed by atoms with Gasteiger partial charge in [0.25, 0.3) is 0 Å². The number of amides is 1. The molecule has 1 heterocycles. The first-order valence-electron chi connectivity index (χ1n) is 5.15. The van der Waals surface area contributed by atoms with Crippen LogP contribution in [0, 0.1) is 5.92 Å². The monoisotopic (exact) mass is 264 g/mol. The molecule has 0 aliphatic carbocycles. The summed E-state index contributed by atoms with van der Waals surface area (Å²) >= 11 is 0. The highest BCUT2D eigenvalue weighted by Crippen LogP contribution is 2.17. The van der Waals surface area contributed by atoms with Crippen LogP contribution in [0.4, 0.5) is 0 Å². The average Bonchev–Trinajstić information content (AvgIpc) is 2.57. The second kappa shape index (κ2) is 5.01. The summed E-state index contributed by atoms with van der Waals surface area (Å²) in [5.41, 5.74) is 0. The first kappa shape index (κ1) is 13.9. The molecule has 1 atom stereocenters. The van der Waals surface area contributed by atoms with Crippen molar-refractivity contribution < 1.29 is 23.1 Å².